The van der Waals surface area contributed by atoms with Gasteiger partial charge < -0.3 is 10.1 Å². The van der Waals surface area contributed by atoms with Crippen LogP contribution in [-0.4, -0.2) is 63.4 Å². The number of carbonyl (C=O) groups excluding carboxylic acids is 1. The molecule has 2 aromatic carbocycles. The first-order valence-electron chi connectivity index (χ1n) is 12.2. The van der Waals surface area contributed by atoms with E-state index < -0.39 is 10.0 Å². The van der Waals surface area contributed by atoms with E-state index in [1.165, 1.54) is 12.8 Å². The third-order valence-electron chi connectivity index (χ3n) is 6.84. The van der Waals surface area contributed by atoms with Crippen molar-refractivity contribution in [2.45, 2.75) is 49.5 Å². The molecule has 1 atom stereocenters. The molecular formula is C26H35N3O4S. The number of likely N-dealkylation sites (tertiary alicyclic amines) is 1. The summed E-state index contributed by atoms with van der Waals surface area (Å²) >= 11 is 0. The summed E-state index contributed by atoms with van der Waals surface area (Å²) in [6.45, 7) is 3.76. The van der Waals surface area contributed by atoms with Gasteiger partial charge in [0.2, 0.25) is 15.9 Å². The van der Waals surface area contributed by atoms with Gasteiger partial charge >= 0.3 is 0 Å². The average molecular weight is 486 g/mol. The molecule has 0 aromatic heterocycles. The molecular weight excluding hydrogens is 450 g/mol. The number of hydrogen-bond acceptors (Lipinski definition) is 5. The molecule has 2 saturated heterocycles. The fourth-order valence-electron chi connectivity index (χ4n) is 4.89. The van der Waals surface area contributed by atoms with Crippen molar-refractivity contribution < 1.29 is 17.9 Å². The molecule has 1 amide bonds. The second kappa shape index (κ2) is 11.3. The first-order chi connectivity index (χ1) is 16.5. The van der Waals surface area contributed by atoms with Crippen molar-refractivity contribution in [1.82, 2.24) is 14.5 Å². The van der Waals surface area contributed by atoms with Crippen molar-refractivity contribution in [3.8, 4) is 5.75 Å². The van der Waals surface area contributed by atoms with E-state index in [4.69, 9.17) is 4.74 Å². The third-order valence-corrected chi connectivity index (χ3v) is 8.75. The van der Waals surface area contributed by atoms with Crippen molar-refractivity contribution >= 4 is 15.9 Å². The zero-order valence-electron chi connectivity index (χ0n) is 19.9. The number of sulfonamides is 1. The Hall–Kier alpha value is -2.42. The topological polar surface area (TPSA) is 78.9 Å². The summed E-state index contributed by atoms with van der Waals surface area (Å²) in [6, 6.07) is 15.0. The zero-order chi connectivity index (χ0) is 24.0. The predicted molar refractivity (Wildman–Crippen MR) is 132 cm³/mol. The number of amides is 1. The number of hydrogen-bond donors (Lipinski definition) is 1. The standard InChI is InChI=1S/C26H35N3O4S/c1-33-25-9-3-2-8-23(25)24(28-16-4-5-17-28)20-27-26(30)15-12-21-10-13-22(14-11-21)34(31,32)29-18-6-7-19-29/h2-3,8-11,13-14,24H,4-7,12,15-20H2,1H3,(H,27,30). The maximum absolute atomic E-state index is 12.7. The molecule has 1 unspecified atom stereocenters. The second-order valence-electron chi connectivity index (χ2n) is 9.06. The average Bonchev–Trinajstić information content (AvgIpc) is 3.59. The summed E-state index contributed by atoms with van der Waals surface area (Å²) in [4.78, 5) is 15.4. The number of nitrogens with one attached hydrogen (secondary N) is 1. The molecule has 8 heteroatoms. The summed E-state index contributed by atoms with van der Waals surface area (Å²) < 4.78 is 32.5. The molecule has 2 fully saturated rings. The van der Waals surface area contributed by atoms with Gasteiger partial charge in [-0.25, -0.2) is 8.42 Å². The molecule has 0 radical (unpaired) electrons. The van der Waals surface area contributed by atoms with Crippen molar-refractivity contribution in [1.29, 1.82) is 0 Å². The number of benzene rings is 2. The Balaban J connectivity index is 1.33. The largest absolute Gasteiger partial charge is 0.496 e. The van der Waals surface area contributed by atoms with Crippen LogP contribution in [0.4, 0.5) is 0 Å². The van der Waals surface area contributed by atoms with Crippen molar-refractivity contribution in [3.05, 3.63) is 59.7 Å². The lowest BCUT2D eigenvalue weighted by Gasteiger charge is -2.29. The minimum Gasteiger partial charge on any atom is -0.496 e. The highest BCUT2D eigenvalue weighted by Crippen LogP contribution is 2.31. The number of aryl methyl sites for hydroxylation is 1. The van der Waals surface area contributed by atoms with E-state index in [1.54, 1.807) is 23.5 Å². The normalized spacial score (nSPS) is 18.1. The molecule has 2 aromatic rings. The van der Waals surface area contributed by atoms with E-state index in [2.05, 4.69) is 16.3 Å². The van der Waals surface area contributed by atoms with Gasteiger partial charge in [0.05, 0.1) is 18.0 Å². The monoisotopic (exact) mass is 485 g/mol. The summed E-state index contributed by atoms with van der Waals surface area (Å²) in [6.07, 6.45) is 5.10. The Morgan fingerprint density at radius 2 is 1.62 bits per heavy atom. The number of carbonyl (C=O) groups is 1. The van der Waals surface area contributed by atoms with Gasteiger partial charge in [-0.15, -0.1) is 0 Å². The van der Waals surface area contributed by atoms with Gasteiger partial charge in [0.1, 0.15) is 5.75 Å². The summed E-state index contributed by atoms with van der Waals surface area (Å²) in [5, 5.41) is 3.11. The maximum Gasteiger partial charge on any atom is 0.243 e. The quantitative estimate of drug-likeness (QED) is 0.558. The van der Waals surface area contributed by atoms with Crippen LogP contribution in [-0.2, 0) is 21.2 Å². The van der Waals surface area contributed by atoms with E-state index in [-0.39, 0.29) is 11.9 Å². The highest BCUT2D eigenvalue weighted by Gasteiger charge is 2.27. The molecule has 2 aliphatic rings. The molecule has 2 heterocycles. The Bertz CT molecular complexity index is 1060. The third kappa shape index (κ3) is 5.79. The van der Waals surface area contributed by atoms with E-state index in [0.29, 0.717) is 37.4 Å². The molecule has 0 spiro atoms. The first-order valence-corrected chi connectivity index (χ1v) is 13.7. The lowest BCUT2D eigenvalue weighted by molar-refractivity contribution is -0.121. The second-order valence-corrected chi connectivity index (χ2v) is 11.0. The Labute approximate surface area is 203 Å². The predicted octanol–water partition coefficient (Wildman–Crippen LogP) is 3.37. The summed E-state index contributed by atoms with van der Waals surface area (Å²) in [7, 11) is -1.73. The van der Waals surface area contributed by atoms with Crippen LogP contribution in [0.3, 0.4) is 0 Å². The minimum absolute atomic E-state index is 0.00661. The summed E-state index contributed by atoms with van der Waals surface area (Å²) in [5.41, 5.74) is 2.05. The summed E-state index contributed by atoms with van der Waals surface area (Å²) in [5.74, 6) is 0.838. The fraction of sp³-hybridized carbons (Fsp3) is 0.500. The lowest BCUT2D eigenvalue weighted by atomic mass is 10.0. The fourth-order valence-corrected chi connectivity index (χ4v) is 6.41. The van der Waals surface area contributed by atoms with Gasteiger partial charge in [-0.05, 0) is 69.0 Å². The number of nitrogens with zero attached hydrogens (tertiary/aromatic N) is 2. The van der Waals surface area contributed by atoms with E-state index >= 15 is 0 Å². The molecule has 0 bridgehead atoms. The van der Waals surface area contributed by atoms with Gasteiger partial charge in [-0.1, -0.05) is 30.3 Å². The SMILES string of the molecule is COc1ccccc1C(CNC(=O)CCc1ccc(S(=O)(=O)N2CCCC2)cc1)N1CCCC1. The Morgan fingerprint density at radius 3 is 2.29 bits per heavy atom. The van der Waals surface area contributed by atoms with Gasteiger partial charge in [0, 0.05) is 31.6 Å². The molecule has 2 aliphatic heterocycles. The number of methoxy groups -OCH3 is 1. The van der Waals surface area contributed by atoms with Crippen LogP contribution in [0.5, 0.6) is 5.75 Å². The van der Waals surface area contributed by atoms with Gasteiger partial charge in [-0.2, -0.15) is 4.31 Å². The van der Waals surface area contributed by atoms with Crippen LogP contribution in [0.25, 0.3) is 0 Å². The molecule has 1 N–H and O–H groups in total. The van der Waals surface area contributed by atoms with E-state index in [1.807, 2.05) is 30.3 Å². The smallest absolute Gasteiger partial charge is 0.243 e. The minimum atomic E-state index is -3.41. The molecule has 0 aliphatic carbocycles. The highest BCUT2D eigenvalue weighted by molar-refractivity contribution is 7.89. The van der Waals surface area contributed by atoms with Gasteiger partial charge in [-0.3, -0.25) is 9.69 Å². The van der Waals surface area contributed by atoms with Crippen molar-refractivity contribution in [3.63, 3.8) is 0 Å². The van der Waals surface area contributed by atoms with Crippen LogP contribution in [0.2, 0.25) is 0 Å². The molecule has 184 valence electrons. The molecule has 34 heavy (non-hydrogen) atoms. The first kappa shape index (κ1) is 24.7. The molecule has 7 nitrogen and oxygen atoms in total. The number of rotatable bonds is 10. The van der Waals surface area contributed by atoms with Crippen LogP contribution in [0.1, 0.15) is 49.3 Å². The van der Waals surface area contributed by atoms with E-state index in [0.717, 1.165) is 42.8 Å². The Morgan fingerprint density at radius 1 is 0.971 bits per heavy atom. The van der Waals surface area contributed by atoms with Crippen molar-refractivity contribution in [2.24, 2.45) is 0 Å². The molecule has 0 saturated carbocycles. The van der Waals surface area contributed by atoms with E-state index in [9.17, 15) is 13.2 Å². The highest BCUT2D eigenvalue weighted by atomic mass is 32.2. The van der Waals surface area contributed by atoms with Gasteiger partial charge in [0.25, 0.3) is 0 Å². The number of ether oxygens (including phenoxy) is 1. The zero-order valence-corrected chi connectivity index (χ0v) is 20.7. The van der Waals surface area contributed by atoms with Crippen LogP contribution < -0.4 is 10.1 Å². The lowest BCUT2D eigenvalue weighted by Crippen LogP contribution is -2.37. The van der Waals surface area contributed by atoms with Crippen LogP contribution >= 0.6 is 0 Å². The Kier molecular flexibility index (Phi) is 8.24. The van der Waals surface area contributed by atoms with Crippen LogP contribution in [0, 0.1) is 0 Å². The van der Waals surface area contributed by atoms with Gasteiger partial charge in [0.15, 0.2) is 0 Å². The molecule has 4 rings (SSSR count). The number of para-hydroxylation sites is 1. The van der Waals surface area contributed by atoms with Crippen molar-refractivity contribution in [2.75, 3.05) is 39.8 Å². The van der Waals surface area contributed by atoms with Crippen LogP contribution in [0.15, 0.2) is 53.4 Å². The maximum atomic E-state index is 12.7.